The lowest BCUT2D eigenvalue weighted by Gasteiger charge is -2.31. The van der Waals surface area contributed by atoms with E-state index in [1.54, 1.807) is 18.2 Å². The van der Waals surface area contributed by atoms with Crippen molar-refractivity contribution in [1.29, 1.82) is 0 Å². The highest BCUT2D eigenvalue weighted by molar-refractivity contribution is 5.97. The Bertz CT molecular complexity index is 1400. The number of nitrogens with zero attached hydrogens (tertiary/aromatic N) is 2. The van der Waals surface area contributed by atoms with Crippen LogP contribution in [0.4, 0.5) is 17.6 Å². The molecule has 5 rings (SSSR count). The smallest absolute Gasteiger partial charge is 0.255 e. The molecule has 1 amide bonds. The molecule has 0 unspecified atom stereocenters. The lowest BCUT2D eigenvalue weighted by molar-refractivity contribution is -0.0494. The van der Waals surface area contributed by atoms with Gasteiger partial charge in [0.2, 0.25) is 0 Å². The van der Waals surface area contributed by atoms with Crippen LogP contribution < -0.4 is 0 Å². The molecule has 0 N–H and O–H groups in total. The molecule has 0 atom stereocenters. The second kappa shape index (κ2) is 8.83. The average molecular weight is 482 g/mol. The van der Waals surface area contributed by atoms with Gasteiger partial charge in [0.05, 0.1) is 11.3 Å². The number of hydrogen-bond acceptors (Lipinski definition) is 3. The lowest BCUT2D eigenvalue weighted by atomic mass is 9.98. The molecule has 1 saturated heterocycles. The summed E-state index contributed by atoms with van der Waals surface area (Å²) in [7, 11) is 0. The predicted octanol–water partition coefficient (Wildman–Crippen LogP) is 6.87. The Morgan fingerprint density at radius 1 is 1.03 bits per heavy atom. The van der Waals surface area contributed by atoms with Crippen molar-refractivity contribution < 1.29 is 26.8 Å². The van der Waals surface area contributed by atoms with Gasteiger partial charge < -0.3 is 9.32 Å². The van der Waals surface area contributed by atoms with E-state index in [0.717, 1.165) is 17.2 Å². The van der Waals surface area contributed by atoms with Crippen LogP contribution in [0.3, 0.4) is 0 Å². The zero-order chi connectivity index (χ0) is 24.7. The second-order valence-electron chi connectivity index (χ2n) is 8.71. The number of amides is 1. The molecule has 0 saturated carbocycles. The molecule has 1 aliphatic rings. The summed E-state index contributed by atoms with van der Waals surface area (Å²) in [5.41, 5.74) is 2.66. The summed E-state index contributed by atoms with van der Waals surface area (Å²) in [4.78, 5) is 18.6. The van der Waals surface area contributed by atoms with Crippen molar-refractivity contribution in [3.63, 3.8) is 0 Å². The van der Waals surface area contributed by atoms with E-state index in [4.69, 9.17) is 4.42 Å². The Balaban J connectivity index is 1.50. The molecule has 2 aromatic heterocycles. The van der Waals surface area contributed by atoms with E-state index in [-0.39, 0.29) is 37.4 Å². The van der Waals surface area contributed by atoms with E-state index in [2.05, 4.69) is 4.98 Å². The molecule has 0 spiro atoms. The summed E-state index contributed by atoms with van der Waals surface area (Å²) in [6, 6.07) is 12.1. The van der Waals surface area contributed by atoms with Crippen LogP contribution in [0.2, 0.25) is 0 Å². The quantitative estimate of drug-likeness (QED) is 0.298. The van der Waals surface area contributed by atoms with Crippen molar-refractivity contribution in [2.75, 3.05) is 13.1 Å². The molecule has 0 radical (unpaired) electrons. The summed E-state index contributed by atoms with van der Waals surface area (Å²) in [6.45, 7) is 1.94. The Kier molecular flexibility index (Phi) is 5.83. The number of fused-ring (bicyclic) bond motifs is 1. The van der Waals surface area contributed by atoms with Gasteiger partial charge in [-0.3, -0.25) is 9.78 Å². The average Bonchev–Trinajstić information content (AvgIpc) is 3.27. The summed E-state index contributed by atoms with van der Waals surface area (Å²) >= 11 is 0. The molecule has 1 fully saturated rings. The number of furan rings is 1. The summed E-state index contributed by atoms with van der Waals surface area (Å²) in [6.07, 6.45) is 1.36. The monoisotopic (exact) mass is 482 g/mol. The minimum atomic E-state index is -2.73. The standard InChI is InChI=1S/C27H22F4N2O2/c1-2-20-12-18-11-17(13-22(25(18)35-20)21-5-4-19(28)14-23(21)29)24-6-3-16(15-32-24)26(34)33-9-7-27(30,31)8-10-33/h3-6,11-15H,2,7-10H2,1H3. The van der Waals surface area contributed by atoms with Gasteiger partial charge in [-0.2, -0.15) is 0 Å². The van der Waals surface area contributed by atoms with Crippen molar-refractivity contribution in [2.24, 2.45) is 0 Å². The Morgan fingerprint density at radius 2 is 1.80 bits per heavy atom. The number of aromatic nitrogens is 1. The number of halogens is 4. The van der Waals surface area contributed by atoms with Crippen molar-refractivity contribution >= 4 is 16.9 Å². The first-order valence-corrected chi connectivity index (χ1v) is 11.4. The third-order valence-corrected chi connectivity index (χ3v) is 6.33. The highest BCUT2D eigenvalue weighted by Gasteiger charge is 2.35. The van der Waals surface area contributed by atoms with Crippen LogP contribution in [0.5, 0.6) is 0 Å². The zero-order valence-corrected chi connectivity index (χ0v) is 19.0. The summed E-state index contributed by atoms with van der Waals surface area (Å²) in [5.74, 6) is -3.73. The van der Waals surface area contributed by atoms with Crippen molar-refractivity contribution in [3.8, 4) is 22.4 Å². The van der Waals surface area contributed by atoms with Crippen molar-refractivity contribution in [2.45, 2.75) is 32.1 Å². The first-order chi connectivity index (χ1) is 16.7. The second-order valence-corrected chi connectivity index (χ2v) is 8.71. The van der Waals surface area contributed by atoms with E-state index in [0.29, 0.717) is 34.4 Å². The maximum absolute atomic E-state index is 14.7. The largest absolute Gasteiger partial charge is 0.460 e. The number of benzene rings is 2. The van der Waals surface area contributed by atoms with Gasteiger partial charge in [-0.25, -0.2) is 17.6 Å². The fraction of sp³-hybridized carbons (Fsp3) is 0.259. The highest BCUT2D eigenvalue weighted by atomic mass is 19.3. The number of carbonyl (C=O) groups is 1. The molecule has 8 heteroatoms. The first kappa shape index (κ1) is 23.1. The molecule has 35 heavy (non-hydrogen) atoms. The topological polar surface area (TPSA) is 46.3 Å². The van der Waals surface area contributed by atoms with Gasteiger partial charge in [0.25, 0.3) is 11.8 Å². The first-order valence-electron chi connectivity index (χ1n) is 11.4. The molecule has 4 aromatic rings. The fourth-order valence-electron chi connectivity index (χ4n) is 4.35. The Morgan fingerprint density at radius 3 is 2.46 bits per heavy atom. The molecule has 4 nitrogen and oxygen atoms in total. The Hall–Kier alpha value is -3.68. The van der Waals surface area contributed by atoms with Crippen LogP contribution in [-0.2, 0) is 6.42 Å². The third kappa shape index (κ3) is 4.52. The third-order valence-electron chi connectivity index (χ3n) is 6.33. The number of carbonyl (C=O) groups excluding carboxylic acids is 1. The van der Waals surface area contributed by atoms with Crippen molar-refractivity contribution in [1.82, 2.24) is 9.88 Å². The van der Waals surface area contributed by atoms with E-state index in [9.17, 15) is 22.4 Å². The lowest BCUT2D eigenvalue weighted by Crippen LogP contribution is -2.42. The summed E-state index contributed by atoms with van der Waals surface area (Å²) in [5, 5.41) is 0.745. The van der Waals surface area contributed by atoms with Crippen LogP contribution >= 0.6 is 0 Å². The van der Waals surface area contributed by atoms with Gasteiger partial charge in [0.1, 0.15) is 23.0 Å². The van der Waals surface area contributed by atoms with Gasteiger partial charge in [-0.15, -0.1) is 0 Å². The highest BCUT2D eigenvalue weighted by Crippen LogP contribution is 2.37. The SMILES string of the molecule is CCc1cc2cc(-c3ccc(C(=O)N4CCC(F)(F)CC4)cn3)cc(-c3ccc(F)cc3F)c2o1. The number of aryl methyl sites for hydroxylation is 1. The van der Waals surface area contributed by atoms with Crippen LogP contribution in [0.1, 0.15) is 35.9 Å². The molecular weight excluding hydrogens is 460 g/mol. The van der Waals surface area contributed by atoms with Crippen molar-refractivity contribution in [3.05, 3.63) is 77.7 Å². The van der Waals surface area contributed by atoms with Gasteiger partial charge in [0, 0.05) is 66.7 Å². The minimum absolute atomic E-state index is 0.00288. The Labute approximate surface area is 199 Å². The predicted molar refractivity (Wildman–Crippen MR) is 124 cm³/mol. The van der Waals surface area contributed by atoms with Crippen LogP contribution in [0, 0.1) is 11.6 Å². The molecule has 180 valence electrons. The van der Waals surface area contributed by atoms with Gasteiger partial charge in [0.15, 0.2) is 0 Å². The van der Waals surface area contributed by atoms with E-state index in [1.165, 1.54) is 23.2 Å². The van der Waals surface area contributed by atoms with E-state index in [1.807, 2.05) is 19.1 Å². The van der Waals surface area contributed by atoms with E-state index < -0.39 is 17.6 Å². The van der Waals surface area contributed by atoms with Gasteiger partial charge >= 0.3 is 0 Å². The van der Waals surface area contributed by atoms with Gasteiger partial charge in [-0.05, 0) is 42.5 Å². The normalized spacial score (nSPS) is 15.5. The molecule has 3 heterocycles. The number of piperidine rings is 1. The molecule has 2 aromatic carbocycles. The van der Waals surface area contributed by atoms with Crippen LogP contribution in [-0.4, -0.2) is 34.8 Å². The van der Waals surface area contributed by atoms with E-state index >= 15 is 0 Å². The minimum Gasteiger partial charge on any atom is -0.460 e. The van der Waals surface area contributed by atoms with Crippen LogP contribution in [0.15, 0.2) is 59.1 Å². The molecule has 0 bridgehead atoms. The van der Waals surface area contributed by atoms with Crippen LogP contribution in [0.25, 0.3) is 33.4 Å². The number of likely N-dealkylation sites (tertiary alicyclic amines) is 1. The number of hydrogen-bond donors (Lipinski definition) is 0. The number of pyridine rings is 1. The maximum atomic E-state index is 14.7. The molecule has 0 aliphatic carbocycles. The zero-order valence-electron chi connectivity index (χ0n) is 19.0. The molecular formula is C27H22F4N2O2. The molecule has 1 aliphatic heterocycles. The summed E-state index contributed by atoms with van der Waals surface area (Å²) < 4.78 is 60.9. The van der Waals surface area contributed by atoms with Gasteiger partial charge in [-0.1, -0.05) is 6.92 Å². The fourth-order valence-corrected chi connectivity index (χ4v) is 4.35. The number of rotatable bonds is 4. The maximum Gasteiger partial charge on any atom is 0.255 e. The number of alkyl halides is 2.